The Kier molecular flexibility index (Phi) is 15.7. The molecule has 0 atom stereocenters. The average molecular weight is 743 g/mol. The van der Waals surface area contributed by atoms with Gasteiger partial charge in [0, 0.05) is 12.1 Å². The minimum atomic E-state index is 0.339. The summed E-state index contributed by atoms with van der Waals surface area (Å²) < 4.78 is 58.4. The molecule has 0 bridgehead atoms. The van der Waals surface area contributed by atoms with Crippen molar-refractivity contribution in [1.82, 2.24) is 0 Å². The van der Waals surface area contributed by atoms with Crippen LogP contribution in [-0.2, 0) is 18.9 Å². The molecule has 0 N–H and O–H groups in total. The van der Waals surface area contributed by atoms with Crippen molar-refractivity contribution in [3.05, 3.63) is 84.9 Å². The van der Waals surface area contributed by atoms with Crippen LogP contribution >= 0.6 is 0 Å². The van der Waals surface area contributed by atoms with Crippen LogP contribution in [0.25, 0.3) is 0 Å². The van der Waals surface area contributed by atoms with Crippen LogP contribution in [0.4, 0.5) is 22.7 Å². The van der Waals surface area contributed by atoms with Gasteiger partial charge in [-0.25, -0.2) is 0 Å². The highest BCUT2D eigenvalue weighted by atomic mass is 16.6. The fraction of sp³-hybridized carbons (Fsp3) is 0.400. The predicted octanol–water partition coefficient (Wildman–Crippen LogP) is 8.36. The van der Waals surface area contributed by atoms with Crippen molar-refractivity contribution in [2.75, 3.05) is 92.5 Å². The molecular formula is C40H46N4O10. The number of ether oxygens (including phenoxy) is 10. The first-order chi connectivity index (χ1) is 26.8. The molecule has 0 unspecified atom stereocenters. The third-order valence-electron chi connectivity index (χ3n) is 7.89. The number of benzene rings is 4. The lowest BCUT2D eigenvalue weighted by Crippen LogP contribution is -2.13. The van der Waals surface area contributed by atoms with E-state index in [9.17, 15) is 0 Å². The maximum Gasteiger partial charge on any atom is 0.150 e. The topological polar surface area (TPSA) is 142 Å². The van der Waals surface area contributed by atoms with Crippen molar-refractivity contribution in [3.8, 4) is 34.5 Å². The quantitative estimate of drug-likeness (QED) is 0.170. The van der Waals surface area contributed by atoms with Gasteiger partial charge in [0.15, 0.2) is 11.5 Å². The monoisotopic (exact) mass is 742 g/mol. The third kappa shape index (κ3) is 12.7. The molecule has 0 aliphatic carbocycles. The second kappa shape index (κ2) is 22.1. The first kappa shape index (κ1) is 38.4. The Morgan fingerprint density at radius 3 is 1.11 bits per heavy atom. The minimum absolute atomic E-state index is 0.339. The lowest BCUT2D eigenvalue weighted by Gasteiger charge is -2.14. The number of nitrogens with zero attached hydrogens (tertiary/aromatic N) is 4. The van der Waals surface area contributed by atoms with Crippen LogP contribution in [0.5, 0.6) is 34.5 Å². The van der Waals surface area contributed by atoms with Gasteiger partial charge in [-0.2, -0.15) is 0 Å². The van der Waals surface area contributed by atoms with E-state index in [4.69, 9.17) is 47.4 Å². The molecule has 4 aromatic rings. The highest BCUT2D eigenvalue weighted by Crippen LogP contribution is 2.37. The number of para-hydroxylation sites is 2. The predicted molar refractivity (Wildman–Crippen MR) is 200 cm³/mol. The first-order valence-electron chi connectivity index (χ1n) is 18.2. The van der Waals surface area contributed by atoms with E-state index in [1.165, 1.54) is 0 Å². The highest BCUT2D eigenvalue weighted by molar-refractivity contribution is 5.58. The van der Waals surface area contributed by atoms with Crippen molar-refractivity contribution in [3.63, 3.8) is 0 Å². The second-order valence-electron chi connectivity index (χ2n) is 11.8. The SMILES string of the molecule is c1ccc2c(c1)N=Nc1ccc(OCCCCOc3ccc4c(c3)OCCOCCOCCOc3ccccc3N=N4)cc1OCCOCCOCCO2. The van der Waals surface area contributed by atoms with E-state index in [1.807, 2.05) is 84.9 Å². The molecule has 0 saturated heterocycles. The summed E-state index contributed by atoms with van der Waals surface area (Å²) in [6, 6.07) is 26.0. The molecule has 2 heterocycles. The van der Waals surface area contributed by atoms with Crippen LogP contribution in [0, 0.1) is 0 Å². The van der Waals surface area contributed by atoms with Crippen molar-refractivity contribution >= 4 is 22.7 Å². The Hall–Kier alpha value is -5.28. The van der Waals surface area contributed by atoms with E-state index >= 15 is 0 Å². The molecule has 54 heavy (non-hydrogen) atoms. The zero-order valence-corrected chi connectivity index (χ0v) is 30.3. The molecule has 4 aromatic carbocycles. The van der Waals surface area contributed by atoms with Crippen molar-refractivity contribution < 1.29 is 47.4 Å². The lowest BCUT2D eigenvalue weighted by atomic mass is 10.2. The van der Waals surface area contributed by atoms with Gasteiger partial charge in [-0.05, 0) is 61.4 Å². The number of hydrogen-bond donors (Lipinski definition) is 0. The zero-order valence-electron chi connectivity index (χ0n) is 30.3. The van der Waals surface area contributed by atoms with Gasteiger partial charge in [0.05, 0.1) is 66.1 Å². The van der Waals surface area contributed by atoms with Crippen LogP contribution in [0.15, 0.2) is 105 Å². The molecule has 2 aliphatic rings. The highest BCUT2D eigenvalue weighted by Gasteiger charge is 2.11. The molecule has 14 heteroatoms. The Bertz CT molecular complexity index is 1660. The van der Waals surface area contributed by atoms with E-state index in [2.05, 4.69) is 20.5 Å². The molecule has 286 valence electrons. The molecular weight excluding hydrogens is 696 g/mol. The van der Waals surface area contributed by atoms with Gasteiger partial charge in [-0.1, -0.05) is 24.3 Å². The summed E-state index contributed by atoms with van der Waals surface area (Å²) in [7, 11) is 0. The lowest BCUT2D eigenvalue weighted by molar-refractivity contribution is 0.0274. The molecule has 14 nitrogen and oxygen atoms in total. The molecule has 0 amide bonds. The van der Waals surface area contributed by atoms with Crippen LogP contribution in [-0.4, -0.2) is 92.5 Å². The standard InChI is InChI=1S/C40H46N4O10/c1-3-9-37-33(7-1)41-43-35-13-11-31(29-39(35)53-27-23-47-19-17-45-21-25-51-37)49-15-5-6-16-50-32-12-14-36-40(30-32)54-28-24-48-20-18-46-22-26-52-38-10-4-2-8-34(38)42-44-36/h1-4,7-14,29-30H,5-6,15-28H2. The van der Waals surface area contributed by atoms with E-state index in [-0.39, 0.29) is 0 Å². The van der Waals surface area contributed by atoms with E-state index in [1.54, 1.807) is 0 Å². The van der Waals surface area contributed by atoms with Crippen molar-refractivity contribution in [1.29, 1.82) is 0 Å². The van der Waals surface area contributed by atoms with E-state index in [0.29, 0.717) is 150 Å². The summed E-state index contributed by atoms with van der Waals surface area (Å²) in [5.74, 6) is 3.65. The summed E-state index contributed by atoms with van der Waals surface area (Å²) in [4.78, 5) is 0. The van der Waals surface area contributed by atoms with Gasteiger partial charge >= 0.3 is 0 Å². The number of azo groups is 2. The zero-order chi connectivity index (χ0) is 36.9. The Labute approximate surface area is 314 Å². The van der Waals surface area contributed by atoms with Gasteiger partial charge in [0.1, 0.15) is 72.2 Å². The van der Waals surface area contributed by atoms with Crippen LogP contribution in [0.2, 0.25) is 0 Å². The fourth-order valence-corrected chi connectivity index (χ4v) is 5.17. The maximum absolute atomic E-state index is 6.07. The van der Waals surface area contributed by atoms with E-state index < -0.39 is 0 Å². The van der Waals surface area contributed by atoms with Gasteiger partial charge in [0.2, 0.25) is 0 Å². The molecule has 2 aliphatic heterocycles. The molecule has 0 radical (unpaired) electrons. The largest absolute Gasteiger partial charge is 0.493 e. The van der Waals surface area contributed by atoms with E-state index in [0.717, 1.165) is 12.8 Å². The number of rotatable bonds is 7. The summed E-state index contributed by atoms with van der Waals surface area (Å²) in [5, 5.41) is 17.8. The van der Waals surface area contributed by atoms with Crippen LogP contribution in [0.3, 0.4) is 0 Å². The van der Waals surface area contributed by atoms with Crippen molar-refractivity contribution in [2.45, 2.75) is 12.8 Å². The second-order valence-corrected chi connectivity index (χ2v) is 11.8. The van der Waals surface area contributed by atoms with Gasteiger partial charge in [-0.3, -0.25) is 0 Å². The maximum atomic E-state index is 6.07. The minimum Gasteiger partial charge on any atom is -0.493 e. The van der Waals surface area contributed by atoms with Gasteiger partial charge in [0.25, 0.3) is 0 Å². The Balaban J connectivity index is 1.02. The summed E-state index contributed by atoms with van der Waals surface area (Å²) in [6.07, 6.45) is 1.53. The molecule has 6 rings (SSSR count). The van der Waals surface area contributed by atoms with Crippen molar-refractivity contribution in [2.24, 2.45) is 20.5 Å². The molecule has 0 saturated carbocycles. The fourth-order valence-electron chi connectivity index (χ4n) is 5.17. The normalized spacial score (nSPS) is 16.1. The van der Waals surface area contributed by atoms with Gasteiger partial charge < -0.3 is 47.4 Å². The average Bonchev–Trinajstić information content (AvgIpc) is 3.19. The summed E-state index contributed by atoms with van der Waals surface area (Å²) in [5.41, 5.74) is 2.36. The third-order valence-corrected chi connectivity index (χ3v) is 7.89. The van der Waals surface area contributed by atoms with Crippen LogP contribution < -0.4 is 28.4 Å². The first-order valence-corrected chi connectivity index (χ1v) is 18.2. The number of hydrogen-bond acceptors (Lipinski definition) is 14. The summed E-state index contributed by atoms with van der Waals surface area (Å²) in [6.45, 7) is 6.01. The Morgan fingerprint density at radius 2 is 0.704 bits per heavy atom. The summed E-state index contributed by atoms with van der Waals surface area (Å²) >= 11 is 0. The Morgan fingerprint density at radius 1 is 0.370 bits per heavy atom. The molecule has 0 aromatic heterocycles. The molecule has 0 spiro atoms. The molecule has 0 fully saturated rings. The number of unbranched alkanes of at least 4 members (excludes halogenated alkanes) is 1. The number of fused-ring (bicyclic) bond motifs is 4. The smallest absolute Gasteiger partial charge is 0.150 e. The van der Waals surface area contributed by atoms with Crippen LogP contribution in [0.1, 0.15) is 12.8 Å². The van der Waals surface area contributed by atoms with Gasteiger partial charge in [-0.15, -0.1) is 20.5 Å².